The first-order valence-electron chi connectivity index (χ1n) is 13.8. The Bertz CT molecular complexity index is 1310. The topological polar surface area (TPSA) is 199 Å². The molecule has 13 heteroatoms. The highest BCUT2D eigenvalue weighted by atomic mass is 16.4. The Kier molecular flexibility index (Phi) is 12.7. The number of unbranched alkanes of at least 4 members (excludes halogenated alkanes) is 2. The normalized spacial score (nSPS) is 15.0. The van der Waals surface area contributed by atoms with Crippen LogP contribution >= 0.6 is 0 Å². The second-order valence-electron chi connectivity index (χ2n) is 10.1. The van der Waals surface area contributed by atoms with Gasteiger partial charge in [0.15, 0.2) is 17.7 Å². The van der Waals surface area contributed by atoms with E-state index in [1.807, 2.05) is 13.8 Å². The van der Waals surface area contributed by atoms with Crippen molar-refractivity contribution < 1.29 is 44.2 Å². The summed E-state index contributed by atoms with van der Waals surface area (Å²) in [5.41, 5.74) is -1.05. The maximum absolute atomic E-state index is 13.7. The molecule has 2 aromatic heterocycles. The van der Waals surface area contributed by atoms with Crippen LogP contribution in [-0.2, 0) is 9.59 Å². The summed E-state index contributed by atoms with van der Waals surface area (Å²) in [7, 11) is 0. The molecule has 226 valence electrons. The fourth-order valence-corrected chi connectivity index (χ4v) is 4.57. The van der Waals surface area contributed by atoms with Crippen molar-refractivity contribution in [3.8, 4) is 0 Å². The van der Waals surface area contributed by atoms with E-state index in [0.29, 0.717) is 19.3 Å². The molecule has 0 aliphatic rings. The monoisotopic (exact) mass is 577 g/mol. The molecule has 2 aromatic rings. The van der Waals surface area contributed by atoms with Gasteiger partial charge >= 0.3 is 5.91 Å². The number of aliphatic hydroxyl groups is 4. The standard InChI is InChI=1S/C28H40N4O9/c1-5-7-9-19(29-16(3)34)27(40)31-13-18(25(38)26(39)23(37)15-33)24-21(14-31)32(12-11-22(24)36)28(41)20(10-8-6-2)30-17(4)35/h11-14,19-20,23,25-26,33,37-39H,5-10,15H2,1-4H3,(H-,29,30,34,35)/p+1/t19-,20-,23?,25?,26?/m0/s1. The van der Waals surface area contributed by atoms with Gasteiger partial charge in [-0.3, -0.25) is 23.7 Å². The number of nitrogens with one attached hydrogen (secondary N) is 2. The van der Waals surface area contributed by atoms with Crippen LogP contribution in [0.1, 0.15) is 87.5 Å². The van der Waals surface area contributed by atoms with Crippen molar-refractivity contribution >= 4 is 34.5 Å². The zero-order valence-corrected chi connectivity index (χ0v) is 23.9. The zero-order chi connectivity index (χ0) is 30.9. The van der Waals surface area contributed by atoms with Gasteiger partial charge in [0.05, 0.1) is 17.6 Å². The molecule has 2 rings (SSSR count). The number of nitrogens with zero attached hydrogens (tertiary/aromatic N) is 2. The van der Waals surface area contributed by atoms with Crippen LogP contribution in [0, 0.1) is 0 Å². The van der Waals surface area contributed by atoms with Crippen LogP contribution in [-0.4, -0.2) is 79.5 Å². The van der Waals surface area contributed by atoms with E-state index in [0.717, 1.165) is 34.2 Å². The van der Waals surface area contributed by atoms with Gasteiger partial charge in [-0.15, -0.1) is 4.57 Å². The van der Waals surface area contributed by atoms with Crippen molar-refractivity contribution in [3.05, 3.63) is 40.4 Å². The van der Waals surface area contributed by atoms with Crippen molar-refractivity contribution in [2.45, 2.75) is 96.6 Å². The lowest BCUT2D eigenvalue weighted by molar-refractivity contribution is -0.574. The summed E-state index contributed by atoms with van der Waals surface area (Å²) >= 11 is 0. The van der Waals surface area contributed by atoms with Crippen LogP contribution < -0.4 is 20.6 Å². The SMILES string of the molecule is CCCC[C@H](NC(C)=O)C(=O)n1ccc(=O)c2c(C(O)C(O)C(O)CO)c[n+](C(=O)[C@H](CCCC)NC(C)=O)cc21. The number of carbonyl (C=O) groups excluding carboxylic acids is 4. The first-order valence-corrected chi connectivity index (χ1v) is 13.8. The van der Waals surface area contributed by atoms with Crippen LogP contribution in [0.15, 0.2) is 29.5 Å². The van der Waals surface area contributed by atoms with Gasteiger partial charge in [-0.2, -0.15) is 0 Å². The average Bonchev–Trinajstić information content (AvgIpc) is 2.94. The minimum Gasteiger partial charge on any atom is -0.394 e. The molecule has 3 unspecified atom stereocenters. The average molecular weight is 578 g/mol. The number of amides is 2. The zero-order valence-electron chi connectivity index (χ0n) is 23.9. The number of hydrogen-bond donors (Lipinski definition) is 6. The fourth-order valence-electron chi connectivity index (χ4n) is 4.57. The summed E-state index contributed by atoms with van der Waals surface area (Å²) < 4.78 is 2.10. The molecule has 0 saturated carbocycles. The highest BCUT2D eigenvalue weighted by molar-refractivity contribution is 5.96. The van der Waals surface area contributed by atoms with Crippen molar-refractivity contribution in [2.75, 3.05) is 6.61 Å². The maximum Gasteiger partial charge on any atom is 0.414 e. The lowest BCUT2D eigenvalue weighted by Gasteiger charge is -2.23. The molecule has 13 nitrogen and oxygen atoms in total. The summed E-state index contributed by atoms with van der Waals surface area (Å²) in [4.78, 5) is 64.2. The molecule has 2 heterocycles. The first kappa shape index (κ1) is 33.7. The molecule has 0 fully saturated rings. The number of fused-ring (bicyclic) bond motifs is 1. The van der Waals surface area contributed by atoms with Gasteiger partial charge in [-0.25, -0.2) is 4.79 Å². The lowest BCUT2D eigenvalue weighted by Crippen LogP contribution is -2.55. The molecule has 2 amide bonds. The fraction of sp³-hybridized carbons (Fsp3) is 0.571. The minimum atomic E-state index is -1.96. The number of hydrogen-bond acceptors (Lipinski definition) is 9. The Morgan fingerprint density at radius 3 is 2.02 bits per heavy atom. The quantitative estimate of drug-likeness (QED) is 0.163. The molecule has 0 aliphatic carbocycles. The van der Waals surface area contributed by atoms with Crippen LogP contribution in [0.5, 0.6) is 0 Å². The smallest absolute Gasteiger partial charge is 0.394 e. The van der Waals surface area contributed by atoms with Gasteiger partial charge < -0.3 is 31.1 Å². The third-order valence-corrected chi connectivity index (χ3v) is 6.72. The molecule has 0 radical (unpaired) electrons. The predicted octanol–water partition coefficient (Wildman–Crippen LogP) is -0.293. The molecule has 41 heavy (non-hydrogen) atoms. The van der Waals surface area contributed by atoms with E-state index in [9.17, 15) is 44.4 Å². The third-order valence-electron chi connectivity index (χ3n) is 6.72. The Morgan fingerprint density at radius 2 is 1.49 bits per heavy atom. The number of pyridine rings is 2. The molecular weight excluding hydrogens is 536 g/mol. The summed E-state index contributed by atoms with van der Waals surface area (Å²) in [6.45, 7) is 5.46. The number of aliphatic hydroxyl groups excluding tert-OH is 4. The van der Waals surface area contributed by atoms with E-state index in [2.05, 4.69) is 10.6 Å². The largest absolute Gasteiger partial charge is 0.414 e. The van der Waals surface area contributed by atoms with Crippen LogP contribution in [0.25, 0.3) is 10.9 Å². The van der Waals surface area contributed by atoms with Gasteiger partial charge in [0.25, 0.3) is 5.91 Å². The van der Waals surface area contributed by atoms with E-state index in [1.165, 1.54) is 26.2 Å². The molecule has 5 atom stereocenters. The number of aromatic nitrogens is 2. The second kappa shape index (κ2) is 15.5. The highest BCUT2D eigenvalue weighted by Gasteiger charge is 2.35. The second-order valence-corrected chi connectivity index (χ2v) is 10.1. The maximum atomic E-state index is 13.7. The summed E-state index contributed by atoms with van der Waals surface area (Å²) in [5, 5.41) is 45.8. The van der Waals surface area contributed by atoms with Gasteiger partial charge in [0, 0.05) is 26.1 Å². The van der Waals surface area contributed by atoms with E-state index < -0.39 is 66.1 Å². The molecule has 0 bridgehead atoms. The molecular formula is C28H41N4O9+. The minimum absolute atomic E-state index is 0.109. The van der Waals surface area contributed by atoms with Gasteiger partial charge in [-0.1, -0.05) is 39.5 Å². The number of rotatable bonds is 14. The van der Waals surface area contributed by atoms with Crippen molar-refractivity contribution in [2.24, 2.45) is 0 Å². The Hall–Kier alpha value is -3.52. The molecule has 0 aromatic carbocycles. The first-order chi connectivity index (χ1) is 19.4. The van der Waals surface area contributed by atoms with Crippen LogP contribution in [0.2, 0.25) is 0 Å². The van der Waals surface area contributed by atoms with Crippen molar-refractivity contribution in [1.82, 2.24) is 15.2 Å². The van der Waals surface area contributed by atoms with E-state index in [1.54, 1.807) is 0 Å². The Morgan fingerprint density at radius 1 is 0.927 bits per heavy atom. The molecule has 0 saturated heterocycles. The lowest BCUT2D eigenvalue weighted by atomic mass is 9.97. The van der Waals surface area contributed by atoms with E-state index in [4.69, 9.17) is 0 Å². The van der Waals surface area contributed by atoms with Crippen molar-refractivity contribution in [3.63, 3.8) is 0 Å². The van der Waals surface area contributed by atoms with E-state index in [-0.39, 0.29) is 22.9 Å². The van der Waals surface area contributed by atoms with Crippen LogP contribution in [0.3, 0.4) is 0 Å². The van der Waals surface area contributed by atoms with E-state index >= 15 is 0 Å². The highest BCUT2D eigenvalue weighted by Crippen LogP contribution is 2.25. The summed E-state index contributed by atoms with van der Waals surface area (Å²) in [6, 6.07) is -0.873. The third kappa shape index (κ3) is 8.49. The van der Waals surface area contributed by atoms with Crippen molar-refractivity contribution in [1.29, 1.82) is 0 Å². The van der Waals surface area contributed by atoms with Gasteiger partial charge in [-0.05, 0) is 12.8 Å². The summed E-state index contributed by atoms with van der Waals surface area (Å²) in [6.07, 6.45) is 1.07. The molecule has 6 N–H and O–H groups in total. The predicted molar refractivity (Wildman–Crippen MR) is 148 cm³/mol. The van der Waals surface area contributed by atoms with Gasteiger partial charge in [0.2, 0.25) is 18.0 Å². The number of carbonyl (C=O) groups is 4. The van der Waals surface area contributed by atoms with Crippen LogP contribution in [0.4, 0.5) is 0 Å². The Labute approximate surface area is 237 Å². The summed E-state index contributed by atoms with van der Waals surface area (Å²) in [5.74, 6) is -2.14. The van der Waals surface area contributed by atoms with Gasteiger partial charge in [0.1, 0.15) is 29.9 Å². The Balaban J connectivity index is 2.88. The molecule has 0 spiro atoms. The molecule has 0 aliphatic heterocycles.